The molecule has 0 amide bonds. The van der Waals surface area contributed by atoms with E-state index < -0.39 is 4.92 Å². The maximum Gasteiger partial charge on any atom is 0.269 e. The summed E-state index contributed by atoms with van der Waals surface area (Å²) in [6.45, 7) is 1.83. The zero-order chi connectivity index (χ0) is 9.14. The lowest BCUT2D eigenvalue weighted by Gasteiger charge is -2.02. The van der Waals surface area contributed by atoms with Crippen LogP contribution in [0.15, 0.2) is 18.2 Å². The molecular weight excluding hydrogens is 156 g/mol. The number of nitrogens with one attached hydrogen (secondary N) is 1. The molecule has 64 valence electrons. The van der Waals surface area contributed by atoms with Crippen molar-refractivity contribution in [1.29, 1.82) is 0 Å². The Morgan fingerprint density at radius 1 is 1.50 bits per heavy atom. The molecule has 0 saturated heterocycles. The molecule has 0 spiro atoms. The number of hydrogen-bond acceptors (Lipinski definition) is 3. The van der Waals surface area contributed by atoms with Crippen molar-refractivity contribution in [1.82, 2.24) is 0 Å². The Labute approximate surface area is 70.4 Å². The maximum atomic E-state index is 10.3. The van der Waals surface area contributed by atoms with Gasteiger partial charge in [-0.3, -0.25) is 10.1 Å². The van der Waals surface area contributed by atoms with E-state index in [-0.39, 0.29) is 5.69 Å². The third-order valence-corrected chi connectivity index (χ3v) is 1.69. The van der Waals surface area contributed by atoms with E-state index in [0.29, 0.717) is 0 Å². The molecule has 0 aliphatic rings. The molecule has 1 aromatic carbocycles. The van der Waals surface area contributed by atoms with Crippen molar-refractivity contribution in [3.05, 3.63) is 33.9 Å². The first kappa shape index (κ1) is 8.52. The monoisotopic (exact) mass is 166 g/mol. The first-order chi connectivity index (χ1) is 5.65. The van der Waals surface area contributed by atoms with Crippen LogP contribution in [-0.2, 0) is 0 Å². The van der Waals surface area contributed by atoms with Crippen molar-refractivity contribution in [2.24, 2.45) is 0 Å². The van der Waals surface area contributed by atoms with E-state index in [9.17, 15) is 10.1 Å². The lowest BCUT2D eigenvalue weighted by Crippen LogP contribution is -1.93. The fraction of sp³-hybridized carbons (Fsp3) is 0.250. The van der Waals surface area contributed by atoms with Gasteiger partial charge >= 0.3 is 0 Å². The molecule has 0 radical (unpaired) electrons. The van der Waals surface area contributed by atoms with Crippen molar-refractivity contribution < 1.29 is 4.92 Å². The molecule has 0 aromatic heterocycles. The van der Waals surface area contributed by atoms with Crippen LogP contribution in [0.1, 0.15) is 5.56 Å². The first-order valence-electron chi connectivity index (χ1n) is 3.58. The van der Waals surface area contributed by atoms with E-state index in [4.69, 9.17) is 0 Å². The molecule has 4 heteroatoms. The van der Waals surface area contributed by atoms with Gasteiger partial charge in [-0.05, 0) is 18.6 Å². The smallest absolute Gasteiger partial charge is 0.269 e. The van der Waals surface area contributed by atoms with Crippen LogP contribution >= 0.6 is 0 Å². The SMILES string of the molecule is CNc1ccc([N+](=O)[O-])cc1C. The molecule has 0 unspecified atom stereocenters. The number of nitro benzene ring substituents is 1. The maximum absolute atomic E-state index is 10.3. The third-order valence-electron chi connectivity index (χ3n) is 1.69. The average molecular weight is 166 g/mol. The van der Waals surface area contributed by atoms with Crippen LogP contribution in [0.3, 0.4) is 0 Å². The van der Waals surface area contributed by atoms with E-state index in [1.165, 1.54) is 6.07 Å². The minimum Gasteiger partial charge on any atom is -0.388 e. The Morgan fingerprint density at radius 3 is 2.58 bits per heavy atom. The second-order valence-electron chi connectivity index (χ2n) is 2.51. The van der Waals surface area contributed by atoms with Gasteiger partial charge in [0.1, 0.15) is 0 Å². The second-order valence-corrected chi connectivity index (χ2v) is 2.51. The number of nitrogens with zero attached hydrogens (tertiary/aromatic N) is 1. The highest BCUT2D eigenvalue weighted by Gasteiger charge is 2.06. The molecule has 1 N–H and O–H groups in total. The molecule has 4 nitrogen and oxygen atoms in total. The number of benzene rings is 1. The van der Waals surface area contributed by atoms with Gasteiger partial charge in [-0.15, -0.1) is 0 Å². The molecule has 0 aliphatic heterocycles. The molecule has 1 rings (SSSR count). The number of anilines is 1. The van der Waals surface area contributed by atoms with Crippen LogP contribution in [0.25, 0.3) is 0 Å². The molecule has 0 atom stereocenters. The summed E-state index contributed by atoms with van der Waals surface area (Å²) in [4.78, 5) is 9.94. The second kappa shape index (κ2) is 3.21. The Bertz CT molecular complexity index is 310. The van der Waals surface area contributed by atoms with Crippen molar-refractivity contribution in [2.45, 2.75) is 6.92 Å². The van der Waals surface area contributed by atoms with Gasteiger partial charge in [0, 0.05) is 24.9 Å². The van der Waals surface area contributed by atoms with Crippen LogP contribution in [0.2, 0.25) is 0 Å². The van der Waals surface area contributed by atoms with Crippen molar-refractivity contribution in [2.75, 3.05) is 12.4 Å². The summed E-state index contributed by atoms with van der Waals surface area (Å²) in [5.41, 5.74) is 1.93. The van der Waals surface area contributed by atoms with Crippen LogP contribution in [-0.4, -0.2) is 12.0 Å². The fourth-order valence-electron chi connectivity index (χ4n) is 1.04. The van der Waals surface area contributed by atoms with Crippen molar-refractivity contribution in [3.8, 4) is 0 Å². The quantitative estimate of drug-likeness (QED) is 0.539. The largest absolute Gasteiger partial charge is 0.388 e. The minimum absolute atomic E-state index is 0.131. The van der Waals surface area contributed by atoms with Crippen LogP contribution < -0.4 is 5.32 Å². The van der Waals surface area contributed by atoms with Gasteiger partial charge in [0.15, 0.2) is 0 Å². The minimum atomic E-state index is -0.396. The Kier molecular flexibility index (Phi) is 2.28. The van der Waals surface area contributed by atoms with Gasteiger partial charge in [0.25, 0.3) is 5.69 Å². The Balaban J connectivity index is 3.10. The van der Waals surface area contributed by atoms with Crippen LogP contribution in [0, 0.1) is 17.0 Å². The lowest BCUT2D eigenvalue weighted by atomic mass is 10.2. The Hall–Kier alpha value is -1.58. The van der Waals surface area contributed by atoms with Crippen LogP contribution in [0.4, 0.5) is 11.4 Å². The van der Waals surface area contributed by atoms with Gasteiger partial charge in [-0.1, -0.05) is 0 Å². The average Bonchev–Trinajstić information content (AvgIpc) is 2.04. The fourth-order valence-corrected chi connectivity index (χ4v) is 1.04. The van der Waals surface area contributed by atoms with E-state index in [1.54, 1.807) is 19.2 Å². The number of rotatable bonds is 2. The molecular formula is C8H10N2O2. The highest BCUT2D eigenvalue weighted by molar-refractivity contribution is 5.54. The standard InChI is InChI=1S/C8H10N2O2/c1-6-5-7(10(11)12)3-4-8(6)9-2/h3-5,9H,1-2H3. The zero-order valence-electron chi connectivity index (χ0n) is 7.00. The summed E-state index contributed by atoms with van der Waals surface area (Å²) in [6.07, 6.45) is 0. The molecule has 0 saturated carbocycles. The molecule has 0 heterocycles. The summed E-state index contributed by atoms with van der Waals surface area (Å²) < 4.78 is 0. The van der Waals surface area contributed by atoms with E-state index in [1.807, 2.05) is 6.92 Å². The summed E-state index contributed by atoms with van der Waals surface area (Å²) in [5.74, 6) is 0. The number of nitro groups is 1. The highest BCUT2D eigenvalue weighted by atomic mass is 16.6. The predicted octanol–water partition coefficient (Wildman–Crippen LogP) is 1.94. The molecule has 12 heavy (non-hydrogen) atoms. The van der Waals surface area contributed by atoms with Gasteiger partial charge in [0.2, 0.25) is 0 Å². The molecule has 0 fully saturated rings. The predicted molar refractivity (Wildman–Crippen MR) is 47.4 cm³/mol. The Morgan fingerprint density at radius 2 is 2.17 bits per heavy atom. The summed E-state index contributed by atoms with van der Waals surface area (Å²) in [7, 11) is 1.79. The molecule has 0 aliphatic carbocycles. The van der Waals surface area contributed by atoms with Crippen molar-refractivity contribution >= 4 is 11.4 Å². The summed E-state index contributed by atoms with van der Waals surface area (Å²) in [6, 6.07) is 4.73. The van der Waals surface area contributed by atoms with E-state index in [2.05, 4.69) is 5.32 Å². The lowest BCUT2D eigenvalue weighted by molar-refractivity contribution is -0.384. The number of aryl methyl sites for hydroxylation is 1. The molecule has 1 aromatic rings. The topological polar surface area (TPSA) is 55.2 Å². The summed E-state index contributed by atoms with van der Waals surface area (Å²) >= 11 is 0. The van der Waals surface area contributed by atoms with Crippen LogP contribution in [0.5, 0.6) is 0 Å². The van der Waals surface area contributed by atoms with Gasteiger partial charge in [-0.25, -0.2) is 0 Å². The number of hydrogen-bond donors (Lipinski definition) is 1. The van der Waals surface area contributed by atoms with E-state index in [0.717, 1.165) is 11.3 Å². The first-order valence-corrected chi connectivity index (χ1v) is 3.58. The highest BCUT2D eigenvalue weighted by Crippen LogP contribution is 2.20. The van der Waals surface area contributed by atoms with Crippen molar-refractivity contribution in [3.63, 3.8) is 0 Å². The van der Waals surface area contributed by atoms with Gasteiger partial charge in [0.05, 0.1) is 4.92 Å². The zero-order valence-corrected chi connectivity index (χ0v) is 7.00. The normalized spacial score (nSPS) is 9.50. The summed E-state index contributed by atoms with van der Waals surface area (Å²) in [5, 5.41) is 13.3. The molecule has 0 bridgehead atoms. The third kappa shape index (κ3) is 1.53. The van der Waals surface area contributed by atoms with Gasteiger partial charge < -0.3 is 5.32 Å². The number of non-ortho nitro benzene ring substituents is 1. The van der Waals surface area contributed by atoms with Gasteiger partial charge in [-0.2, -0.15) is 0 Å². The van der Waals surface area contributed by atoms with E-state index >= 15 is 0 Å².